The predicted octanol–water partition coefficient (Wildman–Crippen LogP) is 0.206. The average Bonchev–Trinajstić information content (AvgIpc) is 1.94. The lowest BCUT2D eigenvalue weighted by atomic mass is 9.86. The molecule has 0 spiro atoms. The molecule has 0 aromatic carbocycles. The molecule has 1 aliphatic carbocycles. The second-order valence-corrected chi connectivity index (χ2v) is 2.68. The Labute approximate surface area is 59.8 Å². The van der Waals surface area contributed by atoms with Crippen molar-refractivity contribution in [3.63, 3.8) is 0 Å². The third-order valence-electron chi connectivity index (χ3n) is 1.84. The van der Waals surface area contributed by atoms with Gasteiger partial charge in [-0.15, -0.1) is 0 Å². The molecule has 0 saturated heterocycles. The SMILES string of the molecule is N#CC1CC(N)CCC1=O. The maximum atomic E-state index is 10.9. The standard InChI is InChI=1S/C7H10N2O/c8-4-5-3-6(9)1-2-7(5)10/h5-6H,1-3,9H2. The van der Waals surface area contributed by atoms with Crippen LogP contribution >= 0.6 is 0 Å². The fraction of sp³-hybridized carbons (Fsp3) is 0.714. The topological polar surface area (TPSA) is 66.9 Å². The molecule has 0 aliphatic heterocycles. The summed E-state index contributed by atoms with van der Waals surface area (Å²) in [7, 11) is 0. The van der Waals surface area contributed by atoms with E-state index in [9.17, 15) is 4.79 Å². The first-order valence-corrected chi connectivity index (χ1v) is 3.42. The van der Waals surface area contributed by atoms with Crippen molar-refractivity contribution >= 4 is 5.78 Å². The lowest BCUT2D eigenvalue weighted by Gasteiger charge is -2.19. The zero-order valence-corrected chi connectivity index (χ0v) is 5.71. The van der Waals surface area contributed by atoms with Gasteiger partial charge in [0.2, 0.25) is 0 Å². The Kier molecular flexibility index (Phi) is 2.03. The third-order valence-corrected chi connectivity index (χ3v) is 1.84. The van der Waals surface area contributed by atoms with Gasteiger partial charge in [0.15, 0.2) is 0 Å². The van der Waals surface area contributed by atoms with Crippen molar-refractivity contribution in [2.24, 2.45) is 11.7 Å². The van der Waals surface area contributed by atoms with Gasteiger partial charge in [-0.25, -0.2) is 0 Å². The number of ketones is 1. The molecule has 2 N–H and O–H groups in total. The van der Waals surface area contributed by atoms with Crippen molar-refractivity contribution in [1.82, 2.24) is 0 Å². The summed E-state index contributed by atoms with van der Waals surface area (Å²) in [6.07, 6.45) is 1.78. The molecule has 0 amide bonds. The fourth-order valence-electron chi connectivity index (χ4n) is 1.18. The van der Waals surface area contributed by atoms with E-state index in [2.05, 4.69) is 0 Å². The van der Waals surface area contributed by atoms with E-state index >= 15 is 0 Å². The van der Waals surface area contributed by atoms with Crippen LogP contribution in [0.1, 0.15) is 19.3 Å². The number of hydrogen-bond acceptors (Lipinski definition) is 3. The molecule has 0 radical (unpaired) electrons. The Morgan fingerprint density at radius 1 is 1.70 bits per heavy atom. The van der Waals surface area contributed by atoms with E-state index in [1.807, 2.05) is 6.07 Å². The molecular formula is C7H10N2O. The lowest BCUT2D eigenvalue weighted by Crippen LogP contribution is -2.32. The highest BCUT2D eigenvalue weighted by Crippen LogP contribution is 2.18. The molecule has 3 nitrogen and oxygen atoms in total. The summed E-state index contributed by atoms with van der Waals surface area (Å²) < 4.78 is 0. The molecule has 54 valence electrons. The van der Waals surface area contributed by atoms with Gasteiger partial charge in [-0.2, -0.15) is 5.26 Å². The molecule has 1 fully saturated rings. The van der Waals surface area contributed by atoms with E-state index in [1.165, 1.54) is 0 Å². The normalized spacial score (nSPS) is 33.4. The van der Waals surface area contributed by atoms with Gasteiger partial charge in [0.05, 0.1) is 6.07 Å². The van der Waals surface area contributed by atoms with Crippen molar-refractivity contribution in [2.75, 3.05) is 0 Å². The molecule has 0 aromatic heterocycles. The number of carbonyl (C=O) groups excluding carboxylic acids is 1. The average molecular weight is 138 g/mol. The van der Waals surface area contributed by atoms with Gasteiger partial charge in [0, 0.05) is 12.5 Å². The molecule has 0 heterocycles. The summed E-state index contributed by atoms with van der Waals surface area (Å²) in [4.78, 5) is 10.9. The van der Waals surface area contributed by atoms with Crippen molar-refractivity contribution in [3.05, 3.63) is 0 Å². The number of hydrogen-bond donors (Lipinski definition) is 1. The number of nitrogens with zero attached hydrogens (tertiary/aromatic N) is 1. The third kappa shape index (κ3) is 1.34. The van der Waals surface area contributed by atoms with Crippen LogP contribution in [0.2, 0.25) is 0 Å². The Morgan fingerprint density at radius 3 is 2.90 bits per heavy atom. The summed E-state index contributed by atoms with van der Waals surface area (Å²) in [5.74, 6) is -0.368. The monoisotopic (exact) mass is 138 g/mol. The van der Waals surface area contributed by atoms with Crippen LogP contribution in [-0.2, 0) is 4.79 Å². The van der Waals surface area contributed by atoms with Crippen LogP contribution in [0.4, 0.5) is 0 Å². The largest absolute Gasteiger partial charge is 0.328 e. The van der Waals surface area contributed by atoms with Gasteiger partial charge in [-0.1, -0.05) is 0 Å². The molecule has 2 unspecified atom stereocenters. The van der Waals surface area contributed by atoms with E-state index < -0.39 is 5.92 Å². The van der Waals surface area contributed by atoms with Crippen LogP contribution in [0, 0.1) is 17.2 Å². The Balaban J connectivity index is 2.56. The first-order valence-electron chi connectivity index (χ1n) is 3.42. The van der Waals surface area contributed by atoms with E-state index in [0.29, 0.717) is 12.8 Å². The van der Waals surface area contributed by atoms with Crippen molar-refractivity contribution in [2.45, 2.75) is 25.3 Å². The smallest absolute Gasteiger partial charge is 0.150 e. The number of Topliss-reactive ketones (excluding diaryl/α,β-unsaturated/α-hetero) is 1. The number of carbonyl (C=O) groups is 1. The second-order valence-electron chi connectivity index (χ2n) is 2.68. The number of nitrogens with two attached hydrogens (primary N) is 1. The minimum absolute atomic E-state index is 0.0577. The van der Waals surface area contributed by atoms with Crippen LogP contribution in [0.5, 0.6) is 0 Å². The molecule has 10 heavy (non-hydrogen) atoms. The maximum absolute atomic E-state index is 10.9. The Bertz CT molecular complexity index is 183. The molecular weight excluding hydrogens is 128 g/mol. The second kappa shape index (κ2) is 2.80. The van der Waals surface area contributed by atoms with Gasteiger partial charge in [-0.05, 0) is 12.8 Å². The molecule has 1 aliphatic rings. The van der Waals surface area contributed by atoms with Gasteiger partial charge in [0.25, 0.3) is 0 Å². The van der Waals surface area contributed by atoms with Gasteiger partial charge in [-0.3, -0.25) is 4.79 Å². The van der Waals surface area contributed by atoms with E-state index in [1.54, 1.807) is 0 Å². The van der Waals surface area contributed by atoms with Crippen LogP contribution in [0.3, 0.4) is 0 Å². The van der Waals surface area contributed by atoms with E-state index in [4.69, 9.17) is 11.0 Å². The zero-order chi connectivity index (χ0) is 7.56. The molecule has 3 heteroatoms. The molecule has 1 saturated carbocycles. The number of nitriles is 1. The minimum atomic E-state index is -0.427. The van der Waals surface area contributed by atoms with E-state index in [-0.39, 0.29) is 11.8 Å². The number of rotatable bonds is 0. The molecule has 0 bridgehead atoms. The van der Waals surface area contributed by atoms with Crippen LogP contribution in [0.25, 0.3) is 0 Å². The quantitative estimate of drug-likeness (QED) is 0.520. The Morgan fingerprint density at radius 2 is 2.40 bits per heavy atom. The van der Waals surface area contributed by atoms with Crippen molar-refractivity contribution in [3.8, 4) is 6.07 Å². The summed E-state index contributed by atoms with van der Waals surface area (Å²) in [6, 6.07) is 2.01. The Hall–Kier alpha value is -0.880. The van der Waals surface area contributed by atoms with Crippen LogP contribution in [0.15, 0.2) is 0 Å². The molecule has 1 rings (SSSR count). The summed E-state index contributed by atoms with van der Waals surface area (Å²) in [5.41, 5.74) is 5.56. The van der Waals surface area contributed by atoms with Crippen molar-refractivity contribution in [1.29, 1.82) is 5.26 Å². The highest BCUT2D eigenvalue weighted by molar-refractivity contribution is 5.84. The summed E-state index contributed by atoms with van der Waals surface area (Å²) >= 11 is 0. The molecule has 0 aromatic rings. The predicted molar refractivity (Wildman–Crippen MR) is 35.9 cm³/mol. The van der Waals surface area contributed by atoms with Gasteiger partial charge < -0.3 is 5.73 Å². The summed E-state index contributed by atoms with van der Waals surface area (Å²) in [5, 5.41) is 8.45. The fourth-order valence-corrected chi connectivity index (χ4v) is 1.18. The van der Waals surface area contributed by atoms with Crippen LogP contribution < -0.4 is 5.73 Å². The lowest BCUT2D eigenvalue weighted by molar-refractivity contribution is -0.123. The zero-order valence-electron chi connectivity index (χ0n) is 5.71. The van der Waals surface area contributed by atoms with Crippen LogP contribution in [-0.4, -0.2) is 11.8 Å². The maximum Gasteiger partial charge on any atom is 0.150 e. The van der Waals surface area contributed by atoms with Crippen molar-refractivity contribution < 1.29 is 4.79 Å². The highest BCUT2D eigenvalue weighted by atomic mass is 16.1. The first kappa shape index (κ1) is 7.23. The summed E-state index contributed by atoms with van der Waals surface area (Å²) in [6.45, 7) is 0. The van der Waals surface area contributed by atoms with E-state index in [0.717, 1.165) is 6.42 Å². The molecule has 2 atom stereocenters. The minimum Gasteiger partial charge on any atom is -0.328 e. The van der Waals surface area contributed by atoms with Gasteiger partial charge in [0.1, 0.15) is 11.7 Å². The van der Waals surface area contributed by atoms with Gasteiger partial charge >= 0.3 is 0 Å². The first-order chi connectivity index (χ1) is 4.74. The highest BCUT2D eigenvalue weighted by Gasteiger charge is 2.25.